The molecule has 0 bridgehead atoms. The van der Waals surface area contributed by atoms with Crippen molar-refractivity contribution in [2.45, 2.75) is 38.7 Å². The molecule has 0 radical (unpaired) electrons. The van der Waals surface area contributed by atoms with Crippen LogP contribution in [0.2, 0.25) is 0 Å². The van der Waals surface area contributed by atoms with E-state index in [9.17, 15) is 0 Å². The first-order valence-electron chi connectivity index (χ1n) is 5.47. The summed E-state index contributed by atoms with van der Waals surface area (Å²) in [6, 6.07) is 0. The van der Waals surface area contributed by atoms with Crippen LogP contribution in [0.4, 0.5) is 0 Å². The molecule has 0 amide bonds. The van der Waals surface area contributed by atoms with E-state index >= 15 is 0 Å². The Bertz CT molecular complexity index is 334. The number of ether oxygens (including phenoxy) is 2. The van der Waals surface area contributed by atoms with Crippen molar-refractivity contribution in [3.05, 3.63) is 11.4 Å². The molecule has 90 valence electrons. The largest absolute Gasteiger partial charge is 0.390 e. The number of hydrogen-bond donors (Lipinski definition) is 1. The minimum atomic E-state index is -0.107. The highest BCUT2D eigenvalue weighted by molar-refractivity contribution is 5.08. The van der Waals surface area contributed by atoms with Crippen LogP contribution < -0.4 is 0 Å². The van der Waals surface area contributed by atoms with Crippen molar-refractivity contribution < 1.29 is 14.6 Å². The first kappa shape index (κ1) is 11.5. The zero-order valence-electron chi connectivity index (χ0n) is 9.43. The molecule has 6 nitrogen and oxygen atoms in total. The Balaban J connectivity index is 2.09. The summed E-state index contributed by atoms with van der Waals surface area (Å²) in [6.45, 7) is 1.82. The van der Waals surface area contributed by atoms with E-state index in [2.05, 4.69) is 10.3 Å². The van der Waals surface area contributed by atoms with Crippen LogP contribution in [0.15, 0.2) is 0 Å². The zero-order chi connectivity index (χ0) is 11.4. The number of methoxy groups -OCH3 is 1. The Hall–Kier alpha value is -0.980. The van der Waals surface area contributed by atoms with Gasteiger partial charge in [-0.3, -0.25) is 0 Å². The van der Waals surface area contributed by atoms with E-state index in [-0.39, 0.29) is 12.7 Å². The molecule has 6 heteroatoms. The molecule has 1 aromatic rings. The molecule has 1 unspecified atom stereocenters. The van der Waals surface area contributed by atoms with Crippen LogP contribution in [-0.2, 0) is 29.2 Å². The molecule has 0 saturated carbocycles. The van der Waals surface area contributed by atoms with Gasteiger partial charge in [-0.05, 0) is 12.8 Å². The number of nitrogens with zero attached hydrogens (tertiary/aromatic N) is 3. The molecule has 0 aromatic carbocycles. The summed E-state index contributed by atoms with van der Waals surface area (Å²) in [5.41, 5.74) is 1.42. The number of rotatable bonds is 5. The number of aliphatic hydroxyl groups excluding tert-OH is 1. The summed E-state index contributed by atoms with van der Waals surface area (Å²) in [4.78, 5) is 0. The van der Waals surface area contributed by atoms with Crippen LogP contribution in [0.25, 0.3) is 0 Å². The first-order chi connectivity index (χ1) is 7.85. The summed E-state index contributed by atoms with van der Waals surface area (Å²) in [5.74, 6) is 0. The topological polar surface area (TPSA) is 69.4 Å². The summed E-state index contributed by atoms with van der Waals surface area (Å²) in [7, 11) is 1.62. The number of hydrogen-bond acceptors (Lipinski definition) is 5. The standard InChI is InChI=1S/C10H17N3O3/c1-15-7-10-9(6-14)11-12-13(10)5-8-3-2-4-16-8/h8,14H,2-7H2,1H3. The normalized spacial score (nSPS) is 20.5. The predicted octanol–water partition coefficient (Wildman–Crippen LogP) is 0.0958. The molecule has 1 saturated heterocycles. The molecule has 1 aromatic heterocycles. The van der Waals surface area contributed by atoms with Crippen LogP contribution >= 0.6 is 0 Å². The van der Waals surface area contributed by atoms with Crippen LogP contribution in [0.3, 0.4) is 0 Å². The molecule has 2 heterocycles. The van der Waals surface area contributed by atoms with Crippen LogP contribution in [0, 0.1) is 0 Å². The maximum atomic E-state index is 9.12. The van der Waals surface area contributed by atoms with Crippen molar-refractivity contribution in [2.24, 2.45) is 0 Å². The SMILES string of the molecule is COCc1c(CO)nnn1CC1CCCO1. The maximum Gasteiger partial charge on any atom is 0.114 e. The van der Waals surface area contributed by atoms with Gasteiger partial charge in [0.1, 0.15) is 5.69 Å². The average molecular weight is 227 g/mol. The molecular weight excluding hydrogens is 210 g/mol. The van der Waals surface area contributed by atoms with E-state index in [1.807, 2.05) is 0 Å². The highest BCUT2D eigenvalue weighted by Gasteiger charge is 2.19. The van der Waals surface area contributed by atoms with Crippen molar-refractivity contribution in [1.82, 2.24) is 15.0 Å². The van der Waals surface area contributed by atoms with Crippen LogP contribution in [0.5, 0.6) is 0 Å². The second kappa shape index (κ2) is 5.38. The molecule has 1 fully saturated rings. The molecule has 2 rings (SSSR count). The van der Waals surface area contributed by atoms with E-state index < -0.39 is 0 Å². The zero-order valence-corrected chi connectivity index (χ0v) is 9.43. The van der Waals surface area contributed by atoms with E-state index in [1.54, 1.807) is 11.8 Å². The van der Waals surface area contributed by atoms with Gasteiger partial charge in [0, 0.05) is 13.7 Å². The number of aromatic nitrogens is 3. The van der Waals surface area contributed by atoms with Gasteiger partial charge in [-0.15, -0.1) is 5.10 Å². The third-order valence-corrected chi connectivity index (χ3v) is 2.75. The minimum Gasteiger partial charge on any atom is -0.390 e. The molecule has 1 atom stereocenters. The van der Waals surface area contributed by atoms with Gasteiger partial charge in [0.2, 0.25) is 0 Å². The van der Waals surface area contributed by atoms with Crippen molar-refractivity contribution in [3.63, 3.8) is 0 Å². The van der Waals surface area contributed by atoms with E-state index in [0.717, 1.165) is 25.1 Å². The predicted molar refractivity (Wildman–Crippen MR) is 55.6 cm³/mol. The molecular formula is C10H17N3O3. The second-order valence-corrected chi connectivity index (χ2v) is 3.89. The quantitative estimate of drug-likeness (QED) is 0.772. The lowest BCUT2D eigenvalue weighted by Gasteiger charge is -2.11. The fourth-order valence-corrected chi connectivity index (χ4v) is 1.91. The third-order valence-electron chi connectivity index (χ3n) is 2.75. The maximum absolute atomic E-state index is 9.12. The molecule has 1 N–H and O–H groups in total. The molecule has 0 aliphatic carbocycles. The lowest BCUT2D eigenvalue weighted by Crippen LogP contribution is -2.18. The molecule has 1 aliphatic heterocycles. The summed E-state index contributed by atoms with van der Waals surface area (Å²) in [6.07, 6.45) is 2.37. The summed E-state index contributed by atoms with van der Waals surface area (Å²) < 4.78 is 12.4. The molecule has 16 heavy (non-hydrogen) atoms. The molecule has 1 aliphatic rings. The minimum absolute atomic E-state index is 0.107. The van der Waals surface area contributed by atoms with Crippen molar-refractivity contribution in [3.8, 4) is 0 Å². The Kier molecular flexibility index (Phi) is 3.87. The van der Waals surface area contributed by atoms with E-state index in [1.165, 1.54) is 0 Å². The Morgan fingerprint density at radius 1 is 1.62 bits per heavy atom. The second-order valence-electron chi connectivity index (χ2n) is 3.89. The van der Waals surface area contributed by atoms with Crippen LogP contribution in [-0.4, -0.2) is 39.9 Å². The van der Waals surface area contributed by atoms with Crippen molar-refractivity contribution in [1.29, 1.82) is 0 Å². The Morgan fingerprint density at radius 3 is 3.12 bits per heavy atom. The summed E-state index contributed by atoms with van der Waals surface area (Å²) in [5, 5.41) is 17.1. The van der Waals surface area contributed by atoms with Gasteiger partial charge in [-0.1, -0.05) is 5.21 Å². The van der Waals surface area contributed by atoms with Gasteiger partial charge in [-0.25, -0.2) is 4.68 Å². The highest BCUT2D eigenvalue weighted by Crippen LogP contribution is 2.16. The monoisotopic (exact) mass is 227 g/mol. The molecule has 0 spiro atoms. The van der Waals surface area contributed by atoms with Gasteiger partial charge in [-0.2, -0.15) is 0 Å². The summed E-state index contributed by atoms with van der Waals surface area (Å²) >= 11 is 0. The number of aliphatic hydroxyl groups is 1. The lowest BCUT2D eigenvalue weighted by molar-refractivity contribution is 0.0898. The van der Waals surface area contributed by atoms with Gasteiger partial charge in [0.15, 0.2) is 0 Å². The smallest absolute Gasteiger partial charge is 0.114 e. The Morgan fingerprint density at radius 2 is 2.50 bits per heavy atom. The fourth-order valence-electron chi connectivity index (χ4n) is 1.91. The van der Waals surface area contributed by atoms with Gasteiger partial charge in [0.05, 0.1) is 31.6 Å². The lowest BCUT2D eigenvalue weighted by atomic mass is 10.2. The average Bonchev–Trinajstić information content (AvgIpc) is 2.91. The van der Waals surface area contributed by atoms with Crippen molar-refractivity contribution >= 4 is 0 Å². The van der Waals surface area contributed by atoms with Crippen LogP contribution in [0.1, 0.15) is 24.2 Å². The van der Waals surface area contributed by atoms with Gasteiger partial charge >= 0.3 is 0 Å². The Labute approximate surface area is 94.2 Å². The fraction of sp³-hybridized carbons (Fsp3) is 0.800. The van der Waals surface area contributed by atoms with Gasteiger partial charge in [0.25, 0.3) is 0 Å². The van der Waals surface area contributed by atoms with Crippen molar-refractivity contribution in [2.75, 3.05) is 13.7 Å². The third kappa shape index (κ3) is 2.40. The van der Waals surface area contributed by atoms with E-state index in [4.69, 9.17) is 14.6 Å². The first-order valence-corrected chi connectivity index (χ1v) is 5.47. The van der Waals surface area contributed by atoms with Gasteiger partial charge < -0.3 is 14.6 Å². The highest BCUT2D eigenvalue weighted by atomic mass is 16.5. The van der Waals surface area contributed by atoms with E-state index in [0.29, 0.717) is 18.8 Å².